The molecular weight excluding hydrogens is 240 g/mol. The molecule has 19 heavy (non-hydrogen) atoms. The van der Waals surface area contributed by atoms with Gasteiger partial charge in [-0.15, -0.1) is 0 Å². The fraction of sp³-hybridized carbons (Fsp3) is 0.188. The van der Waals surface area contributed by atoms with Crippen molar-refractivity contribution in [1.82, 2.24) is 0 Å². The van der Waals surface area contributed by atoms with Crippen molar-refractivity contribution in [2.24, 2.45) is 0 Å². The van der Waals surface area contributed by atoms with Gasteiger partial charge in [-0.25, -0.2) is 4.79 Å². The second kappa shape index (κ2) is 4.43. The van der Waals surface area contributed by atoms with E-state index < -0.39 is 0 Å². The van der Waals surface area contributed by atoms with Crippen LogP contribution in [0, 0.1) is 0 Å². The molecule has 3 nitrogen and oxygen atoms in total. The fourth-order valence-corrected chi connectivity index (χ4v) is 2.51. The number of esters is 1. The molecule has 1 heterocycles. The Morgan fingerprint density at radius 1 is 1.26 bits per heavy atom. The molecule has 1 saturated heterocycles. The molecule has 0 N–H and O–H groups in total. The molecule has 1 atom stereocenters. The summed E-state index contributed by atoms with van der Waals surface area (Å²) >= 11 is 0. The second-order valence-electron chi connectivity index (χ2n) is 4.60. The maximum Gasteiger partial charge on any atom is 0.334 e. The molecular formula is C16H14O3. The summed E-state index contributed by atoms with van der Waals surface area (Å²) in [5.41, 5.74) is 1.44. The first-order chi connectivity index (χ1) is 9.20. The van der Waals surface area contributed by atoms with E-state index in [1.165, 1.54) is 0 Å². The normalized spacial score (nSPS) is 18.7. The van der Waals surface area contributed by atoms with Crippen molar-refractivity contribution in [2.75, 3.05) is 7.11 Å². The van der Waals surface area contributed by atoms with Crippen molar-refractivity contribution in [3.63, 3.8) is 0 Å². The van der Waals surface area contributed by atoms with Gasteiger partial charge in [0.1, 0.15) is 11.9 Å². The summed E-state index contributed by atoms with van der Waals surface area (Å²) in [5, 5.41) is 2.15. The molecule has 0 saturated carbocycles. The van der Waals surface area contributed by atoms with Crippen molar-refractivity contribution in [1.29, 1.82) is 0 Å². The maximum absolute atomic E-state index is 11.5. The van der Waals surface area contributed by atoms with Crippen LogP contribution < -0.4 is 4.74 Å². The molecule has 1 fully saturated rings. The van der Waals surface area contributed by atoms with E-state index in [0.717, 1.165) is 22.1 Å². The smallest absolute Gasteiger partial charge is 0.334 e. The van der Waals surface area contributed by atoms with Gasteiger partial charge in [-0.05, 0) is 16.8 Å². The van der Waals surface area contributed by atoms with Gasteiger partial charge < -0.3 is 9.47 Å². The first kappa shape index (κ1) is 11.8. The van der Waals surface area contributed by atoms with Gasteiger partial charge in [0, 0.05) is 17.6 Å². The molecule has 2 aromatic carbocycles. The highest BCUT2D eigenvalue weighted by Crippen LogP contribution is 2.41. The van der Waals surface area contributed by atoms with Gasteiger partial charge in [-0.1, -0.05) is 36.9 Å². The van der Waals surface area contributed by atoms with Crippen LogP contribution in [0.5, 0.6) is 5.75 Å². The Labute approximate surface area is 111 Å². The lowest BCUT2D eigenvalue weighted by atomic mass is 9.97. The molecule has 3 heteroatoms. The molecule has 0 aliphatic carbocycles. The van der Waals surface area contributed by atoms with E-state index in [1.807, 2.05) is 36.4 Å². The van der Waals surface area contributed by atoms with Crippen molar-refractivity contribution < 1.29 is 14.3 Å². The topological polar surface area (TPSA) is 35.5 Å². The van der Waals surface area contributed by atoms with Crippen LogP contribution in [0.1, 0.15) is 18.1 Å². The summed E-state index contributed by atoms with van der Waals surface area (Å²) in [6.45, 7) is 3.73. The third kappa shape index (κ3) is 1.87. The molecule has 1 unspecified atom stereocenters. The first-order valence-electron chi connectivity index (χ1n) is 6.15. The molecule has 0 aromatic heterocycles. The Balaban J connectivity index is 2.20. The van der Waals surface area contributed by atoms with E-state index in [1.54, 1.807) is 7.11 Å². The number of carbonyl (C=O) groups is 1. The molecule has 96 valence electrons. The number of carbonyl (C=O) groups excluding carboxylic acids is 1. The summed E-state index contributed by atoms with van der Waals surface area (Å²) < 4.78 is 10.8. The van der Waals surface area contributed by atoms with Gasteiger partial charge in [0.05, 0.1) is 7.11 Å². The summed E-state index contributed by atoms with van der Waals surface area (Å²) in [6.07, 6.45) is 0.212. The number of hydrogen-bond donors (Lipinski definition) is 0. The van der Waals surface area contributed by atoms with Gasteiger partial charge in [-0.3, -0.25) is 0 Å². The minimum atomic E-state index is -0.319. The number of cyclic esters (lactones) is 1. The van der Waals surface area contributed by atoms with Crippen LogP contribution >= 0.6 is 0 Å². The van der Waals surface area contributed by atoms with Crippen LogP contribution in [0.3, 0.4) is 0 Å². The fourth-order valence-electron chi connectivity index (χ4n) is 2.51. The van der Waals surface area contributed by atoms with E-state index in [9.17, 15) is 4.79 Å². The van der Waals surface area contributed by atoms with E-state index in [-0.39, 0.29) is 12.1 Å². The van der Waals surface area contributed by atoms with Crippen molar-refractivity contribution >= 4 is 16.7 Å². The zero-order chi connectivity index (χ0) is 13.4. The monoisotopic (exact) mass is 254 g/mol. The maximum atomic E-state index is 11.5. The predicted octanol–water partition coefficient (Wildman–Crippen LogP) is 3.39. The van der Waals surface area contributed by atoms with Crippen molar-refractivity contribution in [3.8, 4) is 5.75 Å². The zero-order valence-corrected chi connectivity index (χ0v) is 10.7. The number of methoxy groups -OCH3 is 1. The van der Waals surface area contributed by atoms with Gasteiger partial charge in [0.25, 0.3) is 0 Å². The molecule has 0 radical (unpaired) electrons. The van der Waals surface area contributed by atoms with Gasteiger partial charge >= 0.3 is 5.97 Å². The number of rotatable bonds is 2. The summed E-state index contributed by atoms with van der Waals surface area (Å²) in [6, 6.07) is 11.9. The Kier molecular flexibility index (Phi) is 2.75. The summed E-state index contributed by atoms with van der Waals surface area (Å²) in [4.78, 5) is 11.5. The van der Waals surface area contributed by atoms with Crippen LogP contribution in [0.4, 0.5) is 0 Å². The zero-order valence-electron chi connectivity index (χ0n) is 10.7. The molecule has 0 spiro atoms. The lowest BCUT2D eigenvalue weighted by Gasteiger charge is -2.16. The third-order valence-electron chi connectivity index (χ3n) is 3.44. The van der Waals surface area contributed by atoms with Crippen LogP contribution in [-0.4, -0.2) is 13.1 Å². The molecule has 1 aliphatic heterocycles. The highest BCUT2D eigenvalue weighted by atomic mass is 16.6. The Morgan fingerprint density at radius 3 is 2.74 bits per heavy atom. The molecule has 1 aliphatic rings. The van der Waals surface area contributed by atoms with Crippen LogP contribution in [-0.2, 0) is 9.53 Å². The van der Waals surface area contributed by atoms with Gasteiger partial charge in [-0.2, -0.15) is 0 Å². The number of ether oxygens (including phenoxy) is 2. The van der Waals surface area contributed by atoms with Crippen molar-refractivity contribution in [2.45, 2.75) is 12.5 Å². The van der Waals surface area contributed by atoms with Crippen LogP contribution in [0.2, 0.25) is 0 Å². The van der Waals surface area contributed by atoms with E-state index in [0.29, 0.717) is 12.0 Å². The second-order valence-corrected chi connectivity index (χ2v) is 4.60. The highest BCUT2D eigenvalue weighted by molar-refractivity contribution is 5.93. The Hall–Kier alpha value is -2.29. The van der Waals surface area contributed by atoms with Gasteiger partial charge in [0.15, 0.2) is 0 Å². The van der Waals surface area contributed by atoms with E-state index >= 15 is 0 Å². The van der Waals surface area contributed by atoms with Crippen LogP contribution in [0.15, 0.2) is 48.6 Å². The van der Waals surface area contributed by atoms with E-state index in [2.05, 4.69) is 6.58 Å². The largest absolute Gasteiger partial charge is 0.496 e. The minimum absolute atomic E-state index is 0.305. The Bertz CT molecular complexity index is 657. The summed E-state index contributed by atoms with van der Waals surface area (Å²) in [7, 11) is 1.62. The van der Waals surface area contributed by atoms with Gasteiger partial charge in [0.2, 0.25) is 0 Å². The number of fused-ring (bicyclic) bond motifs is 1. The standard InChI is InChI=1S/C16H14O3/c1-10-9-14(19-16(10)17)15-12-6-4-3-5-11(12)7-8-13(15)18-2/h3-8,14H,1,9H2,2H3. The van der Waals surface area contributed by atoms with E-state index in [4.69, 9.17) is 9.47 Å². The lowest BCUT2D eigenvalue weighted by molar-refractivity contribution is -0.139. The predicted molar refractivity (Wildman–Crippen MR) is 73.1 cm³/mol. The first-order valence-corrected chi connectivity index (χ1v) is 6.15. The molecule has 2 aromatic rings. The molecule has 3 rings (SSSR count). The third-order valence-corrected chi connectivity index (χ3v) is 3.44. The average Bonchev–Trinajstić information content (AvgIpc) is 2.77. The number of hydrogen-bond acceptors (Lipinski definition) is 3. The summed E-state index contributed by atoms with van der Waals surface area (Å²) in [5.74, 6) is 0.422. The highest BCUT2D eigenvalue weighted by Gasteiger charge is 2.31. The lowest BCUT2D eigenvalue weighted by Crippen LogP contribution is -2.02. The average molecular weight is 254 g/mol. The minimum Gasteiger partial charge on any atom is -0.496 e. The Morgan fingerprint density at radius 2 is 2.05 bits per heavy atom. The molecule has 0 amide bonds. The quantitative estimate of drug-likeness (QED) is 0.608. The van der Waals surface area contributed by atoms with Crippen LogP contribution in [0.25, 0.3) is 10.8 Å². The van der Waals surface area contributed by atoms with Crippen molar-refractivity contribution in [3.05, 3.63) is 54.1 Å². The molecule has 0 bridgehead atoms. The SMILES string of the molecule is C=C1CC(c2c(OC)ccc3ccccc23)OC1=O. The number of benzene rings is 2.